The number of carbonyl (C=O) groups excluding carboxylic acids is 1. The standard InChI is InChI=1S/C15H19N3O6S/c19-15(13-5-3-11-24-13)16-7-9-17(10-8-16)25(22,23)14-6-2-1-4-12(14)18(20)21/h1-2,4,6,13H,3,5,7-11H2. The Balaban J connectivity index is 1.72. The second-order valence-corrected chi connectivity index (χ2v) is 7.86. The van der Waals surface area contributed by atoms with Gasteiger partial charge in [0, 0.05) is 38.9 Å². The van der Waals surface area contributed by atoms with Crippen LogP contribution in [0.1, 0.15) is 12.8 Å². The van der Waals surface area contributed by atoms with Gasteiger partial charge in [0.2, 0.25) is 10.0 Å². The molecule has 9 nitrogen and oxygen atoms in total. The van der Waals surface area contributed by atoms with Crippen LogP contribution >= 0.6 is 0 Å². The Kier molecular flexibility index (Phi) is 5.02. The molecule has 1 aromatic carbocycles. The van der Waals surface area contributed by atoms with Crippen LogP contribution in [-0.2, 0) is 19.6 Å². The summed E-state index contributed by atoms with van der Waals surface area (Å²) in [6, 6.07) is 5.29. The minimum atomic E-state index is -3.98. The summed E-state index contributed by atoms with van der Waals surface area (Å²) in [6.07, 6.45) is 1.11. The van der Waals surface area contributed by atoms with Crippen molar-refractivity contribution in [3.63, 3.8) is 0 Å². The van der Waals surface area contributed by atoms with E-state index < -0.39 is 26.7 Å². The summed E-state index contributed by atoms with van der Waals surface area (Å²) in [7, 11) is -3.98. The fourth-order valence-electron chi connectivity index (χ4n) is 3.09. The van der Waals surface area contributed by atoms with E-state index in [1.807, 2.05) is 0 Å². The van der Waals surface area contributed by atoms with E-state index >= 15 is 0 Å². The van der Waals surface area contributed by atoms with Gasteiger partial charge in [0.05, 0.1) is 4.92 Å². The lowest BCUT2D eigenvalue weighted by Crippen LogP contribution is -2.52. The number of para-hydroxylation sites is 1. The maximum atomic E-state index is 12.7. The van der Waals surface area contributed by atoms with E-state index in [1.54, 1.807) is 4.90 Å². The molecule has 0 aromatic heterocycles. The van der Waals surface area contributed by atoms with E-state index in [2.05, 4.69) is 0 Å². The lowest BCUT2D eigenvalue weighted by molar-refractivity contribution is -0.387. The van der Waals surface area contributed by atoms with Crippen LogP contribution in [0.5, 0.6) is 0 Å². The van der Waals surface area contributed by atoms with E-state index in [0.29, 0.717) is 13.0 Å². The molecule has 1 atom stereocenters. The summed E-state index contributed by atoms with van der Waals surface area (Å²) in [5, 5.41) is 11.1. The average Bonchev–Trinajstić information content (AvgIpc) is 3.16. The molecule has 0 saturated carbocycles. The highest BCUT2D eigenvalue weighted by Crippen LogP contribution is 2.27. The van der Waals surface area contributed by atoms with Crippen LogP contribution in [0.2, 0.25) is 0 Å². The molecule has 0 spiro atoms. The Hall–Kier alpha value is -2.04. The van der Waals surface area contributed by atoms with Gasteiger partial charge in [-0.2, -0.15) is 4.31 Å². The van der Waals surface area contributed by atoms with Crippen LogP contribution in [0.15, 0.2) is 29.2 Å². The van der Waals surface area contributed by atoms with Crippen LogP contribution in [0.3, 0.4) is 0 Å². The van der Waals surface area contributed by atoms with Gasteiger partial charge in [-0.25, -0.2) is 8.42 Å². The fourth-order valence-corrected chi connectivity index (χ4v) is 4.67. The molecular weight excluding hydrogens is 350 g/mol. The minimum absolute atomic E-state index is 0.104. The van der Waals surface area contributed by atoms with Crippen molar-refractivity contribution in [1.29, 1.82) is 0 Å². The number of nitro benzene ring substituents is 1. The third-order valence-electron chi connectivity index (χ3n) is 4.44. The molecule has 2 saturated heterocycles. The summed E-state index contributed by atoms with van der Waals surface area (Å²) in [5.74, 6) is -0.111. The van der Waals surface area contributed by atoms with Crippen LogP contribution in [0.4, 0.5) is 5.69 Å². The van der Waals surface area contributed by atoms with Crippen molar-refractivity contribution in [2.75, 3.05) is 32.8 Å². The number of hydrogen-bond donors (Lipinski definition) is 0. The lowest BCUT2D eigenvalue weighted by atomic mass is 10.2. The van der Waals surface area contributed by atoms with Crippen LogP contribution in [0.25, 0.3) is 0 Å². The number of hydrogen-bond acceptors (Lipinski definition) is 6. The Morgan fingerprint density at radius 3 is 2.48 bits per heavy atom. The second-order valence-electron chi connectivity index (χ2n) is 5.96. The molecule has 2 heterocycles. The highest BCUT2D eigenvalue weighted by Gasteiger charge is 2.36. The Bertz CT molecular complexity index is 767. The zero-order valence-corrected chi connectivity index (χ0v) is 14.4. The Morgan fingerprint density at radius 1 is 1.20 bits per heavy atom. The van der Waals surface area contributed by atoms with E-state index in [1.165, 1.54) is 28.6 Å². The first-order chi connectivity index (χ1) is 11.9. The fraction of sp³-hybridized carbons (Fsp3) is 0.533. The number of sulfonamides is 1. The Labute approximate surface area is 145 Å². The van der Waals surface area contributed by atoms with Crippen molar-refractivity contribution in [2.24, 2.45) is 0 Å². The summed E-state index contributed by atoms with van der Waals surface area (Å²) >= 11 is 0. The molecule has 1 amide bonds. The molecule has 2 fully saturated rings. The number of benzene rings is 1. The second kappa shape index (κ2) is 7.06. The molecule has 0 N–H and O–H groups in total. The largest absolute Gasteiger partial charge is 0.368 e. The summed E-state index contributed by atoms with van der Waals surface area (Å²) in [4.78, 5) is 24.0. The highest BCUT2D eigenvalue weighted by atomic mass is 32.2. The molecule has 2 aliphatic heterocycles. The third kappa shape index (κ3) is 3.51. The van der Waals surface area contributed by atoms with Crippen LogP contribution < -0.4 is 0 Å². The molecule has 2 aliphatic rings. The number of nitro groups is 1. The van der Waals surface area contributed by atoms with Crippen LogP contribution in [-0.4, -0.2) is 67.3 Å². The maximum Gasteiger partial charge on any atom is 0.289 e. The number of ether oxygens (including phenoxy) is 1. The first kappa shape index (κ1) is 17.8. The first-order valence-corrected chi connectivity index (χ1v) is 9.49. The molecule has 1 aromatic rings. The van der Waals surface area contributed by atoms with Crippen molar-refractivity contribution in [3.05, 3.63) is 34.4 Å². The molecule has 25 heavy (non-hydrogen) atoms. The number of carbonyl (C=O) groups is 1. The normalized spacial score (nSPS) is 22.1. The minimum Gasteiger partial charge on any atom is -0.368 e. The van der Waals surface area contributed by atoms with Gasteiger partial charge in [-0.05, 0) is 18.9 Å². The van der Waals surface area contributed by atoms with Gasteiger partial charge in [-0.1, -0.05) is 12.1 Å². The lowest BCUT2D eigenvalue weighted by Gasteiger charge is -2.34. The maximum absolute atomic E-state index is 12.7. The van der Waals surface area contributed by atoms with Gasteiger partial charge in [-0.3, -0.25) is 14.9 Å². The molecule has 1 unspecified atom stereocenters. The number of piperazine rings is 1. The summed E-state index contributed by atoms with van der Waals surface area (Å²) in [5.41, 5.74) is -0.444. The van der Waals surface area contributed by atoms with Gasteiger partial charge in [-0.15, -0.1) is 0 Å². The number of nitrogens with zero attached hydrogens (tertiary/aromatic N) is 3. The topological polar surface area (TPSA) is 110 Å². The predicted molar refractivity (Wildman–Crippen MR) is 87.4 cm³/mol. The molecule has 0 aliphatic carbocycles. The number of rotatable bonds is 4. The van der Waals surface area contributed by atoms with Gasteiger partial charge >= 0.3 is 0 Å². The molecule has 3 rings (SSSR count). The summed E-state index contributed by atoms with van der Waals surface area (Å²) in [6.45, 7) is 1.28. The third-order valence-corrected chi connectivity index (χ3v) is 6.38. The first-order valence-electron chi connectivity index (χ1n) is 8.05. The van der Waals surface area contributed by atoms with Crippen LogP contribution in [0, 0.1) is 10.1 Å². The van der Waals surface area contributed by atoms with Gasteiger partial charge in [0.1, 0.15) is 6.10 Å². The zero-order valence-electron chi connectivity index (χ0n) is 13.5. The number of amides is 1. The molecular formula is C15H19N3O6S. The smallest absolute Gasteiger partial charge is 0.289 e. The molecule has 136 valence electrons. The van der Waals surface area contributed by atoms with Crippen molar-refractivity contribution in [3.8, 4) is 0 Å². The van der Waals surface area contributed by atoms with E-state index in [0.717, 1.165) is 6.42 Å². The molecule has 0 bridgehead atoms. The monoisotopic (exact) mass is 369 g/mol. The van der Waals surface area contributed by atoms with E-state index in [-0.39, 0.29) is 37.0 Å². The van der Waals surface area contributed by atoms with E-state index in [4.69, 9.17) is 4.74 Å². The van der Waals surface area contributed by atoms with Gasteiger partial charge in [0.25, 0.3) is 11.6 Å². The highest BCUT2D eigenvalue weighted by molar-refractivity contribution is 7.89. The van der Waals surface area contributed by atoms with Crippen molar-refractivity contribution < 1.29 is 22.9 Å². The molecule has 10 heteroatoms. The van der Waals surface area contributed by atoms with Crippen molar-refractivity contribution in [2.45, 2.75) is 23.8 Å². The predicted octanol–water partition coefficient (Wildman–Crippen LogP) is 0.607. The van der Waals surface area contributed by atoms with Gasteiger partial charge < -0.3 is 9.64 Å². The SMILES string of the molecule is O=C(C1CCCO1)N1CCN(S(=O)(=O)c2ccccc2[N+](=O)[O-])CC1. The van der Waals surface area contributed by atoms with Gasteiger partial charge in [0.15, 0.2) is 4.90 Å². The average molecular weight is 369 g/mol. The quantitative estimate of drug-likeness (QED) is 0.568. The molecule has 0 radical (unpaired) electrons. The zero-order chi connectivity index (χ0) is 18.0. The summed E-state index contributed by atoms with van der Waals surface area (Å²) < 4.78 is 32.0. The Morgan fingerprint density at radius 2 is 1.88 bits per heavy atom. The van der Waals surface area contributed by atoms with Crippen molar-refractivity contribution in [1.82, 2.24) is 9.21 Å². The van der Waals surface area contributed by atoms with Crippen molar-refractivity contribution >= 4 is 21.6 Å². The van der Waals surface area contributed by atoms with E-state index in [9.17, 15) is 23.3 Å².